The average Bonchev–Trinajstić information content (AvgIpc) is 2.38. The van der Waals surface area contributed by atoms with E-state index in [4.69, 9.17) is 0 Å². The highest BCUT2D eigenvalue weighted by atomic mass is 32.2. The summed E-state index contributed by atoms with van der Waals surface area (Å²) < 4.78 is 26.8. The topological polar surface area (TPSA) is 46.2 Å². The molecular weight excluding hydrogens is 266 g/mol. The predicted octanol–water partition coefficient (Wildman–Crippen LogP) is 2.80. The van der Waals surface area contributed by atoms with E-state index in [1.807, 2.05) is 30.8 Å². The van der Waals surface area contributed by atoms with E-state index < -0.39 is 10.0 Å². The molecule has 0 atom stereocenters. The van der Waals surface area contributed by atoms with E-state index in [1.54, 1.807) is 6.07 Å². The Bertz CT molecular complexity index is 512. The third-order valence-electron chi connectivity index (χ3n) is 3.01. The number of nitrogens with one attached hydrogen (secondary N) is 1. The van der Waals surface area contributed by atoms with Crippen LogP contribution in [0.4, 0.5) is 0 Å². The number of sulfonamides is 1. The van der Waals surface area contributed by atoms with Crippen molar-refractivity contribution in [1.82, 2.24) is 4.72 Å². The summed E-state index contributed by atoms with van der Waals surface area (Å²) in [7, 11) is -3.33. The molecule has 0 saturated carbocycles. The number of hydrogen-bond donors (Lipinski definition) is 1. The van der Waals surface area contributed by atoms with Crippen LogP contribution in [0.3, 0.4) is 0 Å². The minimum Gasteiger partial charge on any atom is -0.211 e. The third kappa shape index (κ3) is 3.28. The van der Waals surface area contributed by atoms with E-state index in [2.05, 4.69) is 4.72 Å². The largest absolute Gasteiger partial charge is 0.240 e. The van der Waals surface area contributed by atoms with Crippen LogP contribution in [0.15, 0.2) is 28.0 Å². The third-order valence-corrected chi connectivity index (χ3v) is 5.67. The van der Waals surface area contributed by atoms with E-state index >= 15 is 0 Å². The maximum Gasteiger partial charge on any atom is 0.240 e. The second kappa shape index (κ2) is 6.08. The van der Waals surface area contributed by atoms with Crippen LogP contribution >= 0.6 is 11.8 Å². The van der Waals surface area contributed by atoms with Crippen LogP contribution in [0.1, 0.15) is 31.7 Å². The van der Waals surface area contributed by atoms with Gasteiger partial charge in [0, 0.05) is 11.4 Å². The van der Waals surface area contributed by atoms with Crippen molar-refractivity contribution in [3.05, 3.63) is 23.8 Å². The van der Waals surface area contributed by atoms with Gasteiger partial charge in [0.25, 0.3) is 0 Å². The minimum atomic E-state index is -3.33. The van der Waals surface area contributed by atoms with Gasteiger partial charge in [-0.05, 0) is 48.8 Å². The zero-order valence-corrected chi connectivity index (χ0v) is 12.2. The molecule has 0 fully saturated rings. The van der Waals surface area contributed by atoms with E-state index in [9.17, 15) is 8.42 Å². The second-order valence-corrected chi connectivity index (χ2v) is 7.38. The van der Waals surface area contributed by atoms with Crippen molar-refractivity contribution < 1.29 is 8.42 Å². The number of fused-ring (bicyclic) bond motifs is 1. The van der Waals surface area contributed by atoms with Gasteiger partial charge in [-0.2, -0.15) is 0 Å². The highest BCUT2D eigenvalue weighted by Crippen LogP contribution is 2.31. The number of thioether (sulfide) groups is 1. The van der Waals surface area contributed by atoms with E-state index in [1.165, 1.54) is 10.5 Å². The van der Waals surface area contributed by atoms with Gasteiger partial charge in [0.1, 0.15) is 0 Å². The number of unbranched alkanes of at least 4 members (excludes halogenated alkanes) is 1. The molecule has 1 aromatic rings. The van der Waals surface area contributed by atoms with Crippen molar-refractivity contribution >= 4 is 21.8 Å². The Kier molecular flexibility index (Phi) is 4.70. The Labute approximate surface area is 113 Å². The van der Waals surface area contributed by atoms with Gasteiger partial charge in [0.05, 0.1) is 4.90 Å². The fourth-order valence-corrected chi connectivity index (χ4v) is 4.11. The Morgan fingerprint density at radius 2 is 2.22 bits per heavy atom. The first-order chi connectivity index (χ1) is 8.63. The molecule has 0 amide bonds. The molecular formula is C13H19NO2S2. The molecule has 0 aliphatic carbocycles. The van der Waals surface area contributed by atoms with Crippen LogP contribution in [-0.2, 0) is 16.4 Å². The lowest BCUT2D eigenvalue weighted by Gasteiger charge is -2.16. The second-order valence-electron chi connectivity index (χ2n) is 4.47. The Morgan fingerprint density at radius 3 is 3.00 bits per heavy atom. The summed E-state index contributed by atoms with van der Waals surface area (Å²) in [5.74, 6) is 1.13. The van der Waals surface area contributed by atoms with Gasteiger partial charge in [-0.15, -0.1) is 11.8 Å². The van der Waals surface area contributed by atoms with Crippen molar-refractivity contribution in [3.63, 3.8) is 0 Å². The maximum atomic E-state index is 12.1. The molecule has 0 unspecified atom stereocenters. The molecule has 1 heterocycles. The highest BCUT2D eigenvalue weighted by molar-refractivity contribution is 7.99. The van der Waals surface area contributed by atoms with Gasteiger partial charge in [-0.1, -0.05) is 13.3 Å². The van der Waals surface area contributed by atoms with Crippen molar-refractivity contribution in [2.45, 2.75) is 42.4 Å². The quantitative estimate of drug-likeness (QED) is 0.846. The van der Waals surface area contributed by atoms with Gasteiger partial charge in [0.2, 0.25) is 10.0 Å². The lowest BCUT2D eigenvalue weighted by molar-refractivity contribution is 0.578. The zero-order valence-electron chi connectivity index (χ0n) is 10.6. The molecule has 0 bridgehead atoms. The van der Waals surface area contributed by atoms with E-state index in [-0.39, 0.29) is 0 Å². The molecule has 0 spiro atoms. The molecule has 5 heteroatoms. The summed E-state index contributed by atoms with van der Waals surface area (Å²) >= 11 is 1.81. The van der Waals surface area contributed by atoms with Crippen molar-refractivity contribution in [1.29, 1.82) is 0 Å². The molecule has 0 radical (unpaired) electrons. The molecule has 2 rings (SSSR count). The van der Waals surface area contributed by atoms with E-state index in [0.717, 1.165) is 31.4 Å². The SMILES string of the molecule is CCCCNS(=O)(=O)c1ccc2c(c1)CCCS2. The van der Waals surface area contributed by atoms with Crippen molar-refractivity contribution in [3.8, 4) is 0 Å². The first-order valence-electron chi connectivity index (χ1n) is 6.39. The Hall–Kier alpha value is -0.520. The summed E-state index contributed by atoms with van der Waals surface area (Å²) in [6, 6.07) is 5.48. The first kappa shape index (κ1) is 13.9. The Balaban J connectivity index is 2.17. The molecule has 1 N–H and O–H groups in total. The lowest BCUT2D eigenvalue weighted by atomic mass is 10.1. The number of benzene rings is 1. The van der Waals surface area contributed by atoms with Gasteiger partial charge in [-0.3, -0.25) is 0 Å². The van der Waals surface area contributed by atoms with Crippen molar-refractivity contribution in [2.75, 3.05) is 12.3 Å². The fourth-order valence-electron chi connectivity index (χ4n) is 1.97. The summed E-state index contributed by atoms with van der Waals surface area (Å²) in [5, 5.41) is 0. The standard InChI is InChI=1S/C13H19NO2S2/c1-2-3-8-14-18(15,16)12-6-7-13-11(10-12)5-4-9-17-13/h6-7,10,14H,2-5,8-9H2,1H3. The molecule has 100 valence electrons. The van der Waals surface area contributed by atoms with Gasteiger partial charge in [-0.25, -0.2) is 13.1 Å². The monoisotopic (exact) mass is 285 g/mol. The average molecular weight is 285 g/mol. The summed E-state index contributed by atoms with van der Waals surface area (Å²) in [6.07, 6.45) is 3.98. The summed E-state index contributed by atoms with van der Waals surface area (Å²) in [4.78, 5) is 1.63. The summed E-state index contributed by atoms with van der Waals surface area (Å²) in [5.41, 5.74) is 1.17. The van der Waals surface area contributed by atoms with Crippen LogP contribution < -0.4 is 4.72 Å². The normalized spacial score (nSPS) is 15.4. The Morgan fingerprint density at radius 1 is 1.39 bits per heavy atom. The maximum absolute atomic E-state index is 12.1. The van der Waals surface area contributed by atoms with E-state index in [0.29, 0.717) is 11.4 Å². The van der Waals surface area contributed by atoms with Crippen LogP contribution in [-0.4, -0.2) is 20.7 Å². The predicted molar refractivity (Wildman–Crippen MR) is 75.6 cm³/mol. The van der Waals surface area contributed by atoms with Crippen molar-refractivity contribution in [2.24, 2.45) is 0 Å². The number of hydrogen-bond acceptors (Lipinski definition) is 3. The van der Waals surface area contributed by atoms with Gasteiger partial charge >= 0.3 is 0 Å². The molecule has 3 nitrogen and oxygen atoms in total. The van der Waals surface area contributed by atoms with Crippen LogP contribution in [0.25, 0.3) is 0 Å². The fraction of sp³-hybridized carbons (Fsp3) is 0.538. The number of rotatable bonds is 5. The molecule has 1 aromatic carbocycles. The minimum absolute atomic E-state index is 0.403. The molecule has 18 heavy (non-hydrogen) atoms. The van der Waals surface area contributed by atoms with Gasteiger partial charge in [0.15, 0.2) is 0 Å². The smallest absolute Gasteiger partial charge is 0.211 e. The van der Waals surface area contributed by atoms with Crippen LogP contribution in [0.5, 0.6) is 0 Å². The molecule has 1 aliphatic rings. The lowest BCUT2D eigenvalue weighted by Crippen LogP contribution is -2.24. The number of aryl methyl sites for hydroxylation is 1. The van der Waals surface area contributed by atoms with Crippen LogP contribution in [0.2, 0.25) is 0 Å². The van der Waals surface area contributed by atoms with Gasteiger partial charge < -0.3 is 0 Å². The zero-order chi connectivity index (χ0) is 13.0. The van der Waals surface area contributed by atoms with Crippen LogP contribution in [0, 0.1) is 0 Å². The molecule has 1 aliphatic heterocycles. The first-order valence-corrected chi connectivity index (χ1v) is 8.86. The summed E-state index contributed by atoms with van der Waals surface area (Å²) in [6.45, 7) is 2.56. The molecule has 0 saturated heterocycles. The highest BCUT2D eigenvalue weighted by Gasteiger charge is 2.17. The molecule has 0 aromatic heterocycles.